The Morgan fingerprint density at radius 2 is 0.632 bits per heavy atom. The SMILES string of the molecule is c1ccc(-c2ccc(N(c3ccc(-c4ccccc4)cc3)c3ccc(-c4ccc5cc6c7ccccc7c7ccccc7c6cc5c4)c4ccccc34)cc2)cc1. The fraction of sp³-hybridized carbons (Fsp3) is 0. The third kappa shape index (κ3) is 5.72. The molecule has 11 aromatic rings. The predicted octanol–water partition coefficient (Wildman–Crippen LogP) is 15.9. The van der Waals surface area contributed by atoms with Crippen molar-refractivity contribution < 1.29 is 0 Å². The molecule has 11 rings (SSSR count). The Morgan fingerprint density at radius 1 is 0.228 bits per heavy atom. The van der Waals surface area contributed by atoms with Gasteiger partial charge < -0.3 is 4.90 Å². The summed E-state index contributed by atoms with van der Waals surface area (Å²) in [5, 5.41) is 12.7. The molecule has 0 atom stereocenters. The van der Waals surface area contributed by atoms with Crippen LogP contribution in [0, 0.1) is 0 Å². The van der Waals surface area contributed by atoms with Crippen LogP contribution in [-0.2, 0) is 0 Å². The number of hydrogen-bond donors (Lipinski definition) is 0. The highest BCUT2D eigenvalue weighted by molar-refractivity contribution is 6.27. The number of rotatable bonds is 6. The van der Waals surface area contributed by atoms with E-state index in [2.05, 4.69) is 229 Å². The molecule has 0 radical (unpaired) electrons. The van der Waals surface area contributed by atoms with Gasteiger partial charge in [0.25, 0.3) is 0 Å². The lowest BCUT2D eigenvalue weighted by Crippen LogP contribution is -2.10. The first-order valence-corrected chi connectivity index (χ1v) is 19.7. The van der Waals surface area contributed by atoms with E-state index in [0.717, 1.165) is 17.1 Å². The summed E-state index contributed by atoms with van der Waals surface area (Å²) in [6.45, 7) is 0. The minimum Gasteiger partial charge on any atom is -0.310 e. The van der Waals surface area contributed by atoms with E-state index in [9.17, 15) is 0 Å². The standard InChI is InChI=1S/C56H37N/c1-3-13-38(14-4-1)40-25-29-45(30-26-40)57(46-31-27-41(28-32-46)39-15-5-2-6-16-39)56-34-33-47(48-17-11-12-22-53(48)56)43-24-23-42-36-54-51-20-9-7-18-49(51)50-19-8-10-21-52(50)55(54)37-44(42)35-43/h1-37H. The van der Waals surface area contributed by atoms with Gasteiger partial charge in [-0.15, -0.1) is 0 Å². The van der Waals surface area contributed by atoms with E-state index in [4.69, 9.17) is 0 Å². The number of anilines is 3. The lowest BCUT2D eigenvalue weighted by Gasteiger charge is -2.28. The molecule has 0 saturated carbocycles. The van der Waals surface area contributed by atoms with Gasteiger partial charge in [0.2, 0.25) is 0 Å². The van der Waals surface area contributed by atoms with Crippen LogP contribution in [0.3, 0.4) is 0 Å². The Hall–Kier alpha value is -7.48. The molecule has 0 spiro atoms. The van der Waals surface area contributed by atoms with E-state index in [0.29, 0.717) is 0 Å². The molecule has 0 saturated heterocycles. The van der Waals surface area contributed by atoms with E-state index in [1.807, 2.05) is 0 Å². The molecular weight excluding hydrogens is 687 g/mol. The van der Waals surface area contributed by atoms with Crippen LogP contribution in [0.5, 0.6) is 0 Å². The van der Waals surface area contributed by atoms with Gasteiger partial charge in [0.1, 0.15) is 0 Å². The Labute approximate surface area is 332 Å². The molecule has 0 aliphatic heterocycles. The molecule has 1 nitrogen and oxygen atoms in total. The molecule has 11 aromatic carbocycles. The number of benzene rings is 11. The number of nitrogens with zero attached hydrogens (tertiary/aromatic N) is 1. The van der Waals surface area contributed by atoms with Gasteiger partial charge in [0.15, 0.2) is 0 Å². The molecule has 0 heterocycles. The second-order valence-corrected chi connectivity index (χ2v) is 14.9. The summed E-state index contributed by atoms with van der Waals surface area (Å²) >= 11 is 0. The van der Waals surface area contributed by atoms with E-state index in [1.165, 1.54) is 87.2 Å². The average Bonchev–Trinajstić information content (AvgIpc) is 3.29. The van der Waals surface area contributed by atoms with Crippen molar-refractivity contribution in [3.8, 4) is 33.4 Å². The summed E-state index contributed by atoms with van der Waals surface area (Å²) in [6.07, 6.45) is 0. The second-order valence-electron chi connectivity index (χ2n) is 14.9. The summed E-state index contributed by atoms with van der Waals surface area (Å²) < 4.78 is 0. The summed E-state index contributed by atoms with van der Waals surface area (Å²) in [4.78, 5) is 2.40. The van der Waals surface area contributed by atoms with Crippen LogP contribution in [0.15, 0.2) is 224 Å². The van der Waals surface area contributed by atoms with Crippen molar-refractivity contribution in [2.24, 2.45) is 0 Å². The van der Waals surface area contributed by atoms with Crippen LogP contribution < -0.4 is 4.90 Å². The topological polar surface area (TPSA) is 3.24 Å². The zero-order valence-corrected chi connectivity index (χ0v) is 31.3. The summed E-state index contributed by atoms with van der Waals surface area (Å²) in [5.41, 5.74) is 10.6. The lowest BCUT2D eigenvalue weighted by molar-refractivity contribution is 1.30. The first-order valence-electron chi connectivity index (χ1n) is 19.7. The molecule has 0 amide bonds. The zero-order chi connectivity index (χ0) is 37.7. The Bertz CT molecular complexity index is 3170. The first-order chi connectivity index (χ1) is 28.3. The molecular formula is C56H37N. The van der Waals surface area contributed by atoms with Crippen molar-refractivity contribution >= 4 is 70.9 Å². The fourth-order valence-electron chi connectivity index (χ4n) is 8.84. The Balaban J connectivity index is 1.06. The monoisotopic (exact) mass is 723 g/mol. The molecule has 0 aromatic heterocycles. The van der Waals surface area contributed by atoms with Crippen LogP contribution >= 0.6 is 0 Å². The smallest absolute Gasteiger partial charge is 0.0540 e. The van der Waals surface area contributed by atoms with Crippen LogP contribution in [-0.4, -0.2) is 0 Å². The number of fused-ring (bicyclic) bond motifs is 8. The van der Waals surface area contributed by atoms with Crippen molar-refractivity contribution in [1.29, 1.82) is 0 Å². The molecule has 0 aliphatic rings. The molecule has 0 unspecified atom stereocenters. The van der Waals surface area contributed by atoms with Crippen LogP contribution in [0.2, 0.25) is 0 Å². The molecule has 0 fully saturated rings. The highest BCUT2D eigenvalue weighted by atomic mass is 15.1. The minimum absolute atomic E-state index is 1.11. The largest absolute Gasteiger partial charge is 0.310 e. The summed E-state index contributed by atoms with van der Waals surface area (Å²) in [6, 6.07) is 82.0. The molecule has 0 aliphatic carbocycles. The van der Waals surface area contributed by atoms with Crippen LogP contribution in [0.4, 0.5) is 17.1 Å². The summed E-state index contributed by atoms with van der Waals surface area (Å²) in [5.74, 6) is 0. The maximum atomic E-state index is 2.40. The Kier molecular flexibility index (Phi) is 7.89. The minimum atomic E-state index is 1.11. The van der Waals surface area contributed by atoms with Gasteiger partial charge in [-0.2, -0.15) is 0 Å². The summed E-state index contributed by atoms with van der Waals surface area (Å²) in [7, 11) is 0. The van der Waals surface area contributed by atoms with Crippen LogP contribution in [0.25, 0.3) is 87.2 Å². The third-order valence-electron chi connectivity index (χ3n) is 11.6. The maximum Gasteiger partial charge on any atom is 0.0540 e. The van der Waals surface area contributed by atoms with Gasteiger partial charge in [-0.25, -0.2) is 0 Å². The van der Waals surface area contributed by atoms with E-state index < -0.39 is 0 Å². The van der Waals surface area contributed by atoms with Gasteiger partial charge in [0, 0.05) is 16.8 Å². The van der Waals surface area contributed by atoms with E-state index in [-0.39, 0.29) is 0 Å². The quantitative estimate of drug-likeness (QED) is 0.122. The molecule has 0 bridgehead atoms. The maximum absolute atomic E-state index is 2.40. The van der Waals surface area contributed by atoms with E-state index >= 15 is 0 Å². The molecule has 57 heavy (non-hydrogen) atoms. The predicted molar refractivity (Wildman–Crippen MR) is 245 cm³/mol. The first kappa shape index (κ1) is 32.9. The van der Waals surface area contributed by atoms with Crippen LogP contribution in [0.1, 0.15) is 0 Å². The van der Waals surface area contributed by atoms with E-state index in [1.54, 1.807) is 0 Å². The van der Waals surface area contributed by atoms with Crippen molar-refractivity contribution in [3.05, 3.63) is 224 Å². The molecule has 0 N–H and O–H groups in total. The molecule has 1 heteroatoms. The van der Waals surface area contributed by atoms with Gasteiger partial charge >= 0.3 is 0 Å². The fourth-order valence-corrected chi connectivity index (χ4v) is 8.84. The highest BCUT2D eigenvalue weighted by Gasteiger charge is 2.18. The average molecular weight is 724 g/mol. The molecule has 266 valence electrons. The van der Waals surface area contributed by atoms with Gasteiger partial charge in [0.05, 0.1) is 5.69 Å². The van der Waals surface area contributed by atoms with Gasteiger partial charge in [-0.3, -0.25) is 0 Å². The van der Waals surface area contributed by atoms with Crippen molar-refractivity contribution in [3.63, 3.8) is 0 Å². The number of hydrogen-bond acceptors (Lipinski definition) is 1. The lowest BCUT2D eigenvalue weighted by atomic mass is 9.90. The highest BCUT2D eigenvalue weighted by Crippen LogP contribution is 2.44. The zero-order valence-electron chi connectivity index (χ0n) is 31.3. The van der Waals surface area contributed by atoms with Crippen molar-refractivity contribution in [2.75, 3.05) is 4.90 Å². The van der Waals surface area contributed by atoms with Crippen molar-refractivity contribution in [2.45, 2.75) is 0 Å². The second kappa shape index (κ2) is 13.7. The van der Waals surface area contributed by atoms with Gasteiger partial charge in [-0.1, -0.05) is 176 Å². The normalized spacial score (nSPS) is 11.5. The third-order valence-corrected chi connectivity index (χ3v) is 11.6. The Morgan fingerprint density at radius 3 is 1.16 bits per heavy atom. The van der Waals surface area contributed by atoms with Crippen molar-refractivity contribution in [1.82, 2.24) is 0 Å². The van der Waals surface area contributed by atoms with Gasteiger partial charge in [-0.05, 0) is 130 Å².